The summed E-state index contributed by atoms with van der Waals surface area (Å²) in [6.45, 7) is 1.95. The predicted molar refractivity (Wildman–Crippen MR) is 461 cm³/mol. The Kier molecular flexibility index (Phi) is 18.1. The van der Waals surface area contributed by atoms with E-state index in [0.717, 1.165) is 16.3 Å². The molecule has 1 aliphatic carbocycles. The largest absolute Gasteiger partial charge is 0.416 e. The fourth-order valence-corrected chi connectivity index (χ4v) is 17.9. The summed E-state index contributed by atoms with van der Waals surface area (Å²) in [5, 5.41) is 46.4. The molecule has 0 fully saturated rings. The highest BCUT2D eigenvalue weighted by Crippen LogP contribution is 2.49. The average molecular weight is 1660 g/mol. The Morgan fingerprint density at radius 3 is 1.12 bits per heavy atom. The standard InChI is InChI=1S/C103H56F12N10/c1-57-68(54-119)15-10-19-77(57)67-27-32-91-85(44-67)80-18-4-6-21-89(80)122(91)96-55-120-98(49-83(96)71-38-73(100(104,105)106)47-74(39-71)101(107,108)109)124-92-30-25-63(61-13-8-11-58(33-61)51-116)42-86(92)87-43-64(26-31-93(87)124)69-35-60(53-118)36-70(37-69)66-24-29-81-78-16-2-5-20-88(78)123(94(81)46-66)97-56-121-99(50-84(97)72-40-75(102(110,111)112)48-76(41-72)103(113,114)115)125-90-22-7-3-17-79(90)82-28-23-65(45-95(82)125)62-14-9-12-59(34-62)52-117/h2-50,55-57,77H,1H3. The number of halogens is 12. The molecule has 10 nitrogen and oxygen atoms in total. The van der Waals surface area contributed by atoms with E-state index in [1.807, 2.05) is 153 Å². The van der Waals surface area contributed by atoms with Gasteiger partial charge in [0.25, 0.3) is 0 Å². The second kappa shape index (κ2) is 29.1. The lowest BCUT2D eigenvalue weighted by Crippen LogP contribution is -2.12. The van der Waals surface area contributed by atoms with E-state index in [-0.39, 0.29) is 63.7 Å². The van der Waals surface area contributed by atoms with Gasteiger partial charge in [-0.05, 0) is 225 Å². The van der Waals surface area contributed by atoms with E-state index in [4.69, 9.17) is 9.97 Å². The smallest absolute Gasteiger partial charge is 0.307 e. The molecule has 0 saturated heterocycles. The minimum Gasteiger partial charge on any atom is -0.307 e. The zero-order valence-electron chi connectivity index (χ0n) is 65.1. The number of nitriles is 4. The van der Waals surface area contributed by atoms with Crippen molar-refractivity contribution in [3.63, 3.8) is 0 Å². The third-order valence-corrected chi connectivity index (χ3v) is 23.8. The topological polar surface area (TPSA) is 141 Å². The molecule has 1 aliphatic rings. The maximum absolute atomic E-state index is 15.2. The average Bonchev–Trinajstić information content (AvgIpc) is 1.58. The lowest BCUT2D eigenvalue weighted by atomic mass is 9.79. The van der Waals surface area contributed by atoms with Crippen molar-refractivity contribution in [1.29, 1.82) is 21.0 Å². The van der Waals surface area contributed by atoms with Crippen LogP contribution in [0.25, 0.3) is 177 Å². The van der Waals surface area contributed by atoms with Crippen molar-refractivity contribution < 1.29 is 52.7 Å². The van der Waals surface area contributed by atoms with Gasteiger partial charge in [-0.3, -0.25) is 9.13 Å². The van der Waals surface area contributed by atoms with Gasteiger partial charge in [0.2, 0.25) is 0 Å². The van der Waals surface area contributed by atoms with Crippen LogP contribution in [0.4, 0.5) is 52.7 Å². The Morgan fingerprint density at radius 1 is 0.288 bits per heavy atom. The molecule has 0 bridgehead atoms. The zero-order valence-corrected chi connectivity index (χ0v) is 65.1. The summed E-state index contributed by atoms with van der Waals surface area (Å²) in [5.74, 6) is -0.191. The SMILES string of the molecule is CC1C(C#N)=CC=CC1c1ccc2c(c1)c1ccccc1n2-c1cnc(-n2c3ccc(-c4cccc(C#N)c4)cc3c3cc(-c4cc(C#N)cc(-c5ccc6c7ccccc7n(-c7cnc(-n8c9ccccc9c9ccc(-c%10cccc(C#N)c%10)cc98)cc7-c7cc(C(F)(F)F)cc(C(F)(F)F)c7)c6c5)c4)ccc32)cc1-c1cc(C(F)(F)F)cc(C(F)(F)F)c1. The van der Waals surface area contributed by atoms with E-state index in [2.05, 4.69) is 24.3 Å². The van der Waals surface area contributed by atoms with E-state index in [1.165, 1.54) is 24.5 Å². The van der Waals surface area contributed by atoms with Crippen molar-refractivity contribution in [1.82, 2.24) is 28.2 Å². The molecule has 19 aromatic rings. The van der Waals surface area contributed by atoms with Gasteiger partial charge in [0.15, 0.2) is 0 Å². The molecule has 602 valence electrons. The summed E-state index contributed by atoms with van der Waals surface area (Å²) in [7, 11) is 0. The van der Waals surface area contributed by atoms with Gasteiger partial charge in [-0.15, -0.1) is 0 Å². The van der Waals surface area contributed by atoms with Crippen LogP contribution in [-0.2, 0) is 24.7 Å². The second-order valence-corrected chi connectivity index (χ2v) is 31.0. The van der Waals surface area contributed by atoms with Gasteiger partial charge in [0, 0.05) is 71.6 Å². The molecule has 0 saturated carbocycles. The minimum absolute atomic E-state index is 0.0565. The molecule has 0 N–H and O–H groups in total. The lowest BCUT2D eigenvalue weighted by Gasteiger charge is -2.23. The predicted octanol–water partition coefficient (Wildman–Crippen LogP) is 28.3. The Bertz CT molecular complexity index is 8030. The molecule has 13 aromatic carbocycles. The highest BCUT2D eigenvalue weighted by atomic mass is 19.4. The zero-order chi connectivity index (χ0) is 86.4. The summed E-state index contributed by atoms with van der Waals surface area (Å²) in [6, 6.07) is 83.8. The van der Waals surface area contributed by atoms with Gasteiger partial charge in [0.1, 0.15) is 11.6 Å². The number of pyridine rings is 2. The quantitative estimate of drug-likeness (QED) is 0.118. The highest BCUT2D eigenvalue weighted by Gasteiger charge is 2.40. The molecule has 125 heavy (non-hydrogen) atoms. The molecular formula is C103H56F12N10. The second-order valence-electron chi connectivity index (χ2n) is 31.0. The van der Waals surface area contributed by atoms with Crippen molar-refractivity contribution in [3.8, 4) is 114 Å². The van der Waals surface area contributed by atoms with Crippen LogP contribution in [0, 0.1) is 51.2 Å². The van der Waals surface area contributed by atoms with Crippen LogP contribution >= 0.6 is 0 Å². The number of rotatable bonds is 11. The Morgan fingerprint density at radius 2 is 0.648 bits per heavy atom. The molecule has 20 rings (SSSR count). The molecule has 2 unspecified atom stereocenters. The normalized spacial score (nSPS) is 13.9. The molecule has 2 atom stereocenters. The van der Waals surface area contributed by atoms with Crippen LogP contribution in [0.5, 0.6) is 0 Å². The number of hydrogen-bond acceptors (Lipinski definition) is 6. The number of allylic oxidation sites excluding steroid dienone is 4. The van der Waals surface area contributed by atoms with Crippen molar-refractivity contribution in [3.05, 3.63) is 360 Å². The van der Waals surface area contributed by atoms with Gasteiger partial charge in [-0.25, -0.2) is 9.97 Å². The first kappa shape index (κ1) is 77.6. The third-order valence-electron chi connectivity index (χ3n) is 23.8. The Balaban J connectivity index is 0.772. The van der Waals surface area contributed by atoms with E-state index in [0.29, 0.717) is 162 Å². The van der Waals surface area contributed by atoms with Gasteiger partial charge >= 0.3 is 24.7 Å². The third kappa shape index (κ3) is 13.3. The molecule has 0 radical (unpaired) electrons. The summed E-state index contributed by atoms with van der Waals surface area (Å²) in [6.07, 6.45) is -12.5. The van der Waals surface area contributed by atoms with Crippen molar-refractivity contribution >= 4 is 87.2 Å². The van der Waals surface area contributed by atoms with Crippen molar-refractivity contribution in [2.45, 2.75) is 37.5 Å². The van der Waals surface area contributed by atoms with Crippen molar-refractivity contribution in [2.24, 2.45) is 5.92 Å². The molecule has 0 aliphatic heterocycles. The van der Waals surface area contributed by atoms with E-state index >= 15 is 52.7 Å². The minimum atomic E-state index is -5.24. The van der Waals surface area contributed by atoms with E-state index in [9.17, 15) is 21.0 Å². The maximum Gasteiger partial charge on any atom is 0.416 e. The first-order valence-corrected chi connectivity index (χ1v) is 39.3. The molecule has 6 heterocycles. The monoisotopic (exact) mass is 1660 g/mol. The fourth-order valence-electron chi connectivity index (χ4n) is 17.9. The Hall–Kier alpha value is -16.0. The summed E-state index contributed by atoms with van der Waals surface area (Å²) >= 11 is 0. The summed E-state index contributed by atoms with van der Waals surface area (Å²) in [4.78, 5) is 10.2. The number of nitrogens with zero attached hydrogens (tertiary/aromatic N) is 10. The van der Waals surface area contributed by atoms with Crippen LogP contribution in [0.2, 0.25) is 0 Å². The number of benzene rings is 13. The summed E-state index contributed by atoms with van der Waals surface area (Å²) in [5.41, 5.74) is 4.56. The Labute approximate surface area is 702 Å². The molecular weight excluding hydrogens is 1610 g/mol. The fraction of sp³-hybridized carbons (Fsp3) is 0.0680. The van der Waals surface area contributed by atoms with Crippen LogP contribution in [0.15, 0.2) is 315 Å². The molecule has 6 aromatic heterocycles. The van der Waals surface area contributed by atoms with Gasteiger partial charge in [-0.2, -0.15) is 73.7 Å². The van der Waals surface area contributed by atoms with Gasteiger partial charge in [-0.1, -0.05) is 140 Å². The number of aromatic nitrogens is 6. The number of hydrogen-bond donors (Lipinski definition) is 0. The van der Waals surface area contributed by atoms with Crippen molar-refractivity contribution in [2.75, 3.05) is 0 Å². The number of fused-ring (bicyclic) bond motifs is 12. The van der Waals surface area contributed by atoms with Gasteiger partial charge in [0.05, 0.1) is 131 Å². The molecule has 22 heteroatoms. The lowest BCUT2D eigenvalue weighted by molar-refractivity contribution is -0.144. The van der Waals surface area contributed by atoms with Gasteiger partial charge < -0.3 is 9.13 Å². The van der Waals surface area contributed by atoms with Crippen LogP contribution in [0.3, 0.4) is 0 Å². The molecule has 0 spiro atoms. The van der Waals surface area contributed by atoms with Crippen LogP contribution < -0.4 is 0 Å². The highest BCUT2D eigenvalue weighted by molar-refractivity contribution is 6.15. The first-order valence-electron chi connectivity index (χ1n) is 39.3. The molecule has 0 amide bonds. The number of para-hydroxylation sites is 3. The maximum atomic E-state index is 15.2. The number of alkyl halides is 12. The first-order chi connectivity index (χ1) is 60.2. The van der Waals surface area contributed by atoms with E-state index in [1.54, 1.807) is 121 Å². The van der Waals surface area contributed by atoms with Crippen LogP contribution in [-0.4, -0.2) is 28.2 Å². The van der Waals surface area contributed by atoms with E-state index < -0.39 is 58.1 Å². The summed E-state index contributed by atoms with van der Waals surface area (Å²) < 4.78 is 190. The van der Waals surface area contributed by atoms with Crippen LogP contribution in [0.1, 0.15) is 57.3 Å².